The summed E-state index contributed by atoms with van der Waals surface area (Å²) in [6.07, 6.45) is 4.93. The zero-order chi connectivity index (χ0) is 24.6. The fourth-order valence-corrected chi connectivity index (χ4v) is 5.96. The molecule has 3 saturated heterocycles. The van der Waals surface area contributed by atoms with Crippen LogP contribution in [0.15, 0.2) is 25.3 Å². The zero-order valence-corrected chi connectivity index (χ0v) is 20.5. The highest BCUT2D eigenvalue weighted by Crippen LogP contribution is 2.59. The standard InChI is InChI=1S/C25H39N3O5/c1-7-12-26(13-8-2)21(30)18-17-10-11-25(33-17)19(18)22(31)27(15-16-29)20(25)23(32)28(14-9-3)24(4,5)6/h7,9,17-20,29H,1,3,8,10-16H2,2,4-6H3/t17-,18+,19-,20?,25?/m0/s1. The molecule has 184 valence electrons. The van der Waals surface area contributed by atoms with Crippen molar-refractivity contribution in [2.75, 3.05) is 32.8 Å². The van der Waals surface area contributed by atoms with E-state index in [4.69, 9.17) is 4.74 Å². The van der Waals surface area contributed by atoms with Gasteiger partial charge in [0.2, 0.25) is 17.7 Å². The first-order valence-electron chi connectivity index (χ1n) is 12.0. The van der Waals surface area contributed by atoms with Gasteiger partial charge in [-0.15, -0.1) is 13.2 Å². The van der Waals surface area contributed by atoms with Gasteiger partial charge in [-0.1, -0.05) is 19.1 Å². The SMILES string of the molecule is C=CCN(CCC)C(=O)[C@@H]1[C@@H]2CCC3(O2)C(C(=O)N(CC=C)C(C)(C)C)N(CCO)C(=O)[C@H]13. The molecule has 3 heterocycles. The van der Waals surface area contributed by atoms with Crippen LogP contribution in [0.3, 0.4) is 0 Å². The van der Waals surface area contributed by atoms with Crippen LogP contribution in [0.2, 0.25) is 0 Å². The molecule has 3 amide bonds. The monoisotopic (exact) mass is 461 g/mol. The Hall–Kier alpha value is -2.19. The average molecular weight is 462 g/mol. The third-order valence-electron chi connectivity index (χ3n) is 7.20. The number of likely N-dealkylation sites (tertiary alicyclic amines) is 1. The molecule has 2 bridgehead atoms. The summed E-state index contributed by atoms with van der Waals surface area (Å²) in [5.41, 5.74) is -1.55. The zero-order valence-electron chi connectivity index (χ0n) is 20.5. The van der Waals surface area contributed by atoms with Crippen LogP contribution in [0.25, 0.3) is 0 Å². The molecular formula is C25H39N3O5. The maximum absolute atomic E-state index is 14.0. The number of hydrogen-bond acceptors (Lipinski definition) is 5. The molecule has 1 spiro atoms. The van der Waals surface area contributed by atoms with Crippen molar-refractivity contribution in [1.29, 1.82) is 0 Å². The van der Waals surface area contributed by atoms with Gasteiger partial charge in [0.1, 0.15) is 11.6 Å². The maximum Gasteiger partial charge on any atom is 0.249 e. The van der Waals surface area contributed by atoms with Gasteiger partial charge in [0, 0.05) is 31.7 Å². The van der Waals surface area contributed by atoms with Crippen molar-refractivity contribution in [1.82, 2.24) is 14.7 Å². The molecule has 3 fully saturated rings. The van der Waals surface area contributed by atoms with Crippen molar-refractivity contribution >= 4 is 17.7 Å². The summed E-state index contributed by atoms with van der Waals surface area (Å²) in [6, 6.07) is -0.872. The highest BCUT2D eigenvalue weighted by molar-refractivity contribution is 5.99. The van der Waals surface area contributed by atoms with Crippen LogP contribution in [0.1, 0.15) is 47.0 Å². The number of rotatable bonds is 10. The van der Waals surface area contributed by atoms with E-state index in [1.807, 2.05) is 27.7 Å². The van der Waals surface area contributed by atoms with Crippen molar-refractivity contribution in [3.05, 3.63) is 25.3 Å². The minimum atomic E-state index is -1.05. The van der Waals surface area contributed by atoms with E-state index in [0.29, 0.717) is 32.5 Å². The molecule has 33 heavy (non-hydrogen) atoms. The van der Waals surface area contributed by atoms with Crippen molar-refractivity contribution < 1.29 is 24.2 Å². The third kappa shape index (κ3) is 4.12. The first-order chi connectivity index (χ1) is 15.6. The molecule has 5 atom stereocenters. The molecule has 0 saturated carbocycles. The number of hydrogen-bond donors (Lipinski definition) is 1. The van der Waals surface area contributed by atoms with E-state index in [1.165, 1.54) is 4.90 Å². The third-order valence-corrected chi connectivity index (χ3v) is 7.20. The number of carbonyl (C=O) groups is 3. The van der Waals surface area contributed by atoms with E-state index in [1.54, 1.807) is 22.0 Å². The first-order valence-corrected chi connectivity index (χ1v) is 12.0. The van der Waals surface area contributed by atoms with Crippen LogP contribution in [0, 0.1) is 11.8 Å². The van der Waals surface area contributed by atoms with Gasteiger partial charge in [-0.2, -0.15) is 0 Å². The van der Waals surface area contributed by atoms with Gasteiger partial charge in [0.15, 0.2) is 0 Å². The second kappa shape index (κ2) is 9.58. The van der Waals surface area contributed by atoms with E-state index in [9.17, 15) is 19.5 Å². The molecule has 0 radical (unpaired) electrons. The first kappa shape index (κ1) is 25.4. The van der Waals surface area contributed by atoms with E-state index in [-0.39, 0.29) is 37.0 Å². The molecule has 0 aromatic carbocycles. The summed E-state index contributed by atoms with van der Waals surface area (Å²) in [6.45, 7) is 16.4. The summed E-state index contributed by atoms with van der Waals surface area (Å²) in [5, 5.41) is 9.72. The number of amides is 3. The lowest BCUT2D eigenvalue weighted by molar-refractivity contribution is -0.152. The van der Waals surface area contributed by atoms with Crippen LogP contribution < -0.4 is 0 Å². The molecule has 0 aromatic rings. The Kier molecular flexibility index (Phi) is 7.39. The number of carbonyl (C=O) groups excluding carboxylic acids is 3. The van der Waals surface area contributed by atoms with Crippen LogP contribution in [0.5, 0.6) is 0 Å². The number of ether oxygens (including phenoxy) is 1. The quantitative estimate of drug-likeness (QED) is 0.499. The van der Waals surface area contributed by atoms with Gasteiger partial charge in [0.05, 0.1) is 24.5 Å². The lowest BCUT2D eigenvalue weighted by Gasteiger charge is -2.42. The fraction of sp³-hybridized carbons (Fsp3) is 0.720. The number of fused-ring (bicyclic) bond motifs is 1. The minimum Gasteiger partial charge on any atom is -0.395 e. The Morgan fingerprint density at radius 2 is 1.91 bits per heavy atom. The fourth-order valence-electron chi connectivity index (χ4n) is 5.96. The van der Waals surface area contributed by atoms with Crippen molar-refractivity contribution in [2.45, 2.75) is 70.2 Å². The highest BCUT2D eigenvalue weighted by Gasteiger charge is 2.75. The Balaban J connectivity index is 2.04. The maximum atomic E-state index is 14.0. The molecule has 2 unspecified atom stereocenters. The summed E-state index contributed by atoms with van der Waals surface area (Å²) < 4.78 is 6.45. The normalized spacial score (nSPS) is 30.3. The van der Waals surface area contributed by atoms with E-state index in [0.717, 1.165) is 6.42 Å². The van der Waals surface area contributed by atoms with Crippen LogP contribution in [-0.2, 0) is 19.1 Å². The highest BCUT2D eigenvalue weighted by atomic mass is 16.5. The number of aliphatic hydroxyl groups is 1. The predicted octanol–water partition coefficient (Wildman–Crippen LogP) is 1.59. The molecule has 0 aliphatic carbocycles. The van der Waals surface area contributed by atoms with Crippen LogP contribution >= 0.6 is 0 Å². The van der Waals surface area contributed by atoms with Crippen molar-refractivity contribution in [3.63, 3.8) is 0 Å². The molecular weight excluding hydrogens is 422 g/mol. The topological polar surface area (TPSA) is 90.4 Å². The molecule has 8 nitrogen and oxygen atoms in total. The second-order valence-corrected chi connectivity index (χ2v) is 10.3. The largest absolute Gasteiger partial charge is 0.395 e. The van der Waals surface area contributed by atoms with E-state index >= 15 is 0 Å². The van der Waals surface area contributed by atoms with Gasteiger partial charge in [-0.05, 0) is 40.0 Å². The Morgan fingerprint density at radius 1 is 1.24 bits per heavy atom. The smallest absolute Gasteiger partial charge is 0.249 e. The summed E-state index contributed by atoms with van der Waals surface area (Å²) in [7, 11) is 0. The lowest BCUT2D eigenvalue weighted by atomic mass is 9.70. The second-order valence-electron chi connectivity index (χ2n) is 10.3. The molecule has 8 heteroatoms. The van der Waals surface area contributed by atoms with Gasteiger partial charge in [-0.25, -0.2) is 0 Å². The molecule has 3 aliphatic rings. The average Bonchev–Trinajstić information content (AvgIpc) is 3.38. The lowest BCUT2D eigenvalue weighted by Crippen LogP contribution is -2.60. The molecule has 3 rings (SSSR count). The van der Waals surface area contributed by atoms with E-state index < -0.39 is 29.0 Å². The Labute approximate surface area is 197 Å². The van der Waals surface area contributed by atoms with E-state index in [2.05, 4.69) is 13.2 Å². The predicted molar refractivity (Wildman–Crippen MR) is 125 cm³/mol. The van der Waals surface area contributed by atoms with Gasteiger partial charge < -0.3 is 24.5 Å². The number of aliphatic hydroxyl groups excluding tert-OH is 1. The summed E-state index contributed by atoms with van der Waals surface area (Å²) >= 11 is 0. The van der Waals surface area contributed by atoms with Crippen LogP contribution in [-0.4, -0.2) is 93.6 Å². The van der Waals surface area contributed by atoms with Crippen molar-refractivity contribution in [3.8, 4) is 0 Å². The van der Waals surface area contributed by atoms with Crippen LogP contribution in [0.4, 0.5) is 0 Å². The van der Waals surface area contributed by atoms with Gasteiger partial charge >= 0.3 is 0 Å². The minimum absolute atomic E-state index is 0.0276. The number of β-amino-alcohol motifs (C(OH)–C–C–N with tert-alkyl or cyclic N) is 1. The van der Waals surface area contributed by atoms with Gasteiger partial charge in [-0.3, -0.25) is 14.4 Å². The Bertz CT molecular complexity index is 806. The number of nitrogens with zero attached hydrogens (tertiary/aromatic N) is 3. The molecule has 1 N–H and O–H groups in total. The summed E-state index contributed by atoms with van der Waals surface area (Å²) in [5.74, 6) is -1.96. The Morgan fingerprint density at radius 3 is 2.45 bits per heavy atom. The molecule has 0 aromatic heterocycles. The van der Waals surface area contributed by atoms with Crippen molar-refractivity contribution in [2.24, 2.45) is 11.8 Å². The molecule has 3 aliphatic heterocycles. The van der Waals surface area contributed by atoms with Gasteiger partial charge in [0.25, 0.3) is 0 Å². The summed E-state index contributed by atoms with van der Waals surface area (Å²) in [4.78, 5) is 46.2.